The number of piperidine rings is 1. The van der Waals surface area contributed by atoms with Gasteiger partial charge in [-0.1, -0.05) is 19.1 Å². The first-order valence-corrected chi connectivity index (χ1v) is 9.83. The standard InChI is InChI=1S/C21H34N2O3/c1-16(2)26-11-10-25-15-18-6-4-8-20(13-18)23-21(24)12-17(3)19-7-5-9-22-14-19/h4,6,8,13,16-17,19,22H,5,7,9-12,14-15H2,1-3H3,(H,23,24). The van der Waals surface area contributed by atoms with Crippen molar-refractivity contribution >= 4 is 11.6 Å². The average molecular weight is 363 g/mol. The zero-order valence-corrected chi connectivity index (χ0v) is 16.4. The molecule has 0 saturated carbocycles. The molecule has 1 aliphatic heterocycles. The molecule has 1 heterocycles. The Hall–Kier alpha value is -1.43. The molecule has 2 unspecified atom stereocenters. The molecule has 1 aromatic carbocycles. The van der Waals surface area contributed by atoms with Gasteiger partial charge in [0.25, 0.3) is 0 Å². The Kier molecular flexibility index (Phi) is 9.09. The molecule has 1 aliphatic rings. The van der Waals surface area contributed by atoms with Crippen molar-refractivity contribution in [1.29, 1.82) is 0 Å². The van der Waals surface area contributed by atoms with Crippen LogP contribution in [0, 0.1) is 11.8 Å². The van der Waals surface area contributed by atoms with E-state index in [0.717, 1.165) is 24.3 Å². The van der Waals surface area contributed by atoms with Crippen molar-refractivity contribution in [2.75, 3.05) is 31.6 Å². The fourth-order valence-electron chi connectivity index (χ4n) is 3.31. The molecule has 2 rings (SSSR count). The summed E-state index contributed by atoms with van der Waals surface area (Å²) in [5.41, 5.74) is 1.89. The van der Waals surface area contributed by atoms with Gasteiger partial charge in [0.05, 0.1) is 25.9 Å². The molecule has 0 bridgehead atoms. The number of benzene rings is 1. The van der Waals surface area contributed by atoms with E-state index in [9.17, 15) is 4.79 Å². The van der Waals surface area contributed by atoms with Gasteiger partial charge in [0, 0.05) is 12.1 Å². The smallest absolute Gasteiger partial charge is 0.224 e. The number of carbonyl (C=O) groups is 1. The Morgan fingerprint density at radius 3 is 2.88 bits per heavy atom. The largest absolute Gasteiger partial charge is 0.376 e. The maximum Gasteiger partial charge on any atom is 0.224 e. The van der Waals surface area contributed by atoms with Gasteiger partial charge in [0.2, 0.25) is 5.91 Å². The van der Waals surface area contributed by atoms with E-state index in [1.54, 1.807) is 0 Å². The number of nitrogens with one attached hydrogen (secondary N) is 2. The predicted molar refractivity (Wildman–Crippen MR) is 105 cm³/mol. The highest BCUT2D eigenvalue weighted by molar-refractivity contribution is 5.90. The topological polar surface area (TPSA) is 59.6 Å². The van der Waals surface area contributed by atoms with E-state index in [1.807, 2.05) is 38.1 Å². The van der Waals surface area contributed by atoms with Crippen molar-refractivity contribution in [3.05, 3.63) is 29.8 Å². The lowest BCUT2D eigenvalue weighted by Crippen LogP contribution is -2.34. The molecule has 1 saturated heterocycles. The molecule has 5 nitrogen and oxygen atoms in total. The summed E-state index contributed by atoms with van der Waals surface area (Å²) in [7, 11) is 0. The van der Waals surface area contributed by atoms with Crippen LogP contribution in [0.1, 0.15) is 45.6 Å². The Labute approximate surface area is 157 Å². The van der Waals surface area contributed by atoms with Crippen LogP contribution in [0.15, 0.2) is 24.3 Å². The van der Waals surface area contributed by atoms with Gasteiger partial charge in [-0.15, -0.1) is 0 Å². The lowest BCUT2D eigenvalue weighted by atomic mass is 9.85. The highest BCUT2D eigenvalue weighted by Gasteiger charge is 2.22. The summed E-state index contributed by atoms with van der Waals surface area (Å²) in [5.74, 6) is 1.09. The number of hydrogen-bond donors (Lipinski definition) is 2. The van der Waals surface area contributed by atoms with Gasteiger partial charge in [-0.3, -0.25) is 4.79 Å². The van der Waals surface area contributed by atoms with Crippen molar-refractivity contribution in [3.63, 3.8) is 0 Å². The summed E-state index contributed by atoms with van der Waals surface area (Å²) < 4.78 is 11.1. The van der Waals surface area contributed by atoms with Crippen molar-refractivity contribution in [2.45, 2.75) is 52.7 Å². The van der Waals surface area contributed by atoms with Gasteiger partial charge in [-0.25, -0.2) is 0 Å². The third-order valence-corrected chi connectivity index (χ3v) is 4.81. The van der Waals surface area contributed by atoms with E-state index in [-0.39, 0.29) is 12.0 Å². The molecule has 2 atom stereocenters. The number of carbonyl (C=O) groups excluding carboxylic acids is 1. The number of hydrogen-bond acceptors (Lipinski definition) is 4. The van der Waals surface area contributed by atoms with E-state index in [1.165, 1.54) is 12.8 Å². The van der Waals surface area contributed by atoms with Gasteiger partial charge in [0.15, 0.2) is 0 Å². The first-order valence-electron chi connectivity index (χ1n) is 9.83. The third kappa shape index (κ3) is 7.85. The van der Waals surface area contributed by atoms with E-state index >= 15 is 0 Å². The van der Waals surface area contributed by atoms with Crippen LogP contribution in [-0.2, 0) is 20.9 Å². The van der Waals surface area contributed by atoms with Crippen molar-refractivity contribution in [3.8, 4) is 0 Å². The van der Waals surface area contributed by atoms with Crippen LogP contribution in [0.3, 0.4) is 0 Å². The molecule has 5 heteroatoms. The summed E-state index contributed by atoms with van der Waals surface area (Å²) >= 11 is 0. The minimum atomic E-state index is 0.0893. The van der Waals surface area contributed by atoms with E-state index in [4.69, 9.17) is 9.47 Å². The van der Waals surface area contributed by atoms with Gasteiger partial charge < -0.3 is 20.1 Å². The second-order valence-electron chi connectivity index (χ2n) is 7.51. The third-order valence-electron chi connectivity index (χ3n) is 4.81. The normalized spacial score (nSPS) is 18.7. The first kappa shape index (κ1) is 20.9. The lowest BCUT2D eigenvalue weighted by molar-refractivity contribution is -0.117. The average Bonchev–Trinajstić information content (AvgIpc) is 2.62. The molecular formula is C21H34N2O3. The summed E-state index contributed by atoms with van der Waals surface area (Å²) in [4.78, 5) is 12.4. The summed E-state index contributed by atoms with van der Waals surface area (Å²) in [6, 6.07) is 7.87. The molecule has 146 valence electrons. The zero-order valence-electron chi connectivity index (χ0n) is 16.4. The predicted octanol–water partition coefficient (Wildman–Crippen LogP) is 3.59. The molecular weight excluding hydrogens is 328 g/mol. The van der Waals surface area contributed by atoms with Crippen molar-refractivity contribution < 1.29 is 14.3 Å². The van der Waals surface area contributed by atoms with Gasteiger partial charge in [-0.2, -0.15) is 0 Å². The van der Waals surface area contributed by atoms with Gasteiger partial charge in [0.1, 0.15) is 0 Å². The fourth-order valence-corrected chi connectivity index (χ4v) is 3.31. The van der Waals surface area contributed by atoms with Crippen LogP contribution in [0.5, 0.6) is 0 Å². The molecule has 0 aromatic heterocycles. The quantitative estimate of drug-likeness (QED) is 0.625. The van der Waals surface area contributed by atoms with Gasteiger partial charge in [-0.05, 0) is 69.3 Å². The molecule has 0 spiro atoms. The second kappa shape index (κ2) is 11.3. The molecule has 1 amide bonds. The van der Waals surface area contributed by atoms with Crippen LogP contribution in [0.2, 0.25) is 0 Å². The molecule has 2 N–H and O–H groups in total. The number of rotatable bonds is 10. The van der Waals surface area contributed by atoms with Crippen molar-refractivity contribution in [2.24, 2.45) is 11.8 Å². The SMILES string of the molecule is CC(C)OCCOCc1cccc(NC(=O)CC(C)C2CCCNC2)c1. The highest BCUT2D eigenvalue weighted by atomic mass is 16.5. The number of amides is 1. The van der Waals surface area contributed by atoms with Gasteiger partial charge >= 0.3 is 0 Å². The van der Waals surface area contributed by atoms with Crippen molar-refractivity contribution in [1.82, 2.24) is 5.32 Å². The lowest BCUT2D eigenvalue weighted by Gasteiger charge is -2.28. The minimum absolute atomic E-state index is 0.0893. The second-order valence-corrected chi connectivity index (χ2v) is 7.51. The van der Waals surface area contributed by atoms with Crippen LogP contribution >= 0.6 is 0 Å². The fraction of sp³-hybridized carbons (Fsp3) is 0.667. The molecule has 0 aliphatic carbocycles. The van der Waals surface area contributed by atoms with Crippen LogP contribution in [0.4, 0.5) is 5.69 Å². The van der Waals surface area contributed by atoms with Crippen LogP contribution in [0.25, 0.3) is 0 Å². The number of ether oxygens (including phenoxy) is 2. The molecule has 1 aromatic rings. The Morgan fingerprint density at radius 2 is 2.15 bits per heavy atom. The molecule has 0 radical (unpaired) electrons. The number of anilines is 1. The monoisotopic (exact) mass is 362 g/mol. The maximum absolute atomic E-state index is 12.4. The zero-order chi connectivity index (χ0) is 18.8. The Balaban J connectivity index is 1.73. The summed E-state index contributed by atoms with van der Waals surface area (Å²) in [5, 5.41) is 6.46. The Morgan fingerprint density at radius 1 is 1.31 bits per heavy atom. The summed E-state index contributed by atoms with van der Waals surface area (Å²) in [6.45, 7) is 10.0. The van der Waals surface area contributed by atoms with E-state index in [2.05, 4.69) is 17.6 Å². The maximum atomic E-state index is 12.4. The molecule has 26 heavy (non-hydrogen) atoms. The Bertz CT molecular complexity index is 542. The van der Waals surface area contributed by atoms with Crippen LogP contribution < -0.4 is 10.6 Å². The van der Waals surface area contributed by atoms with Crippen LogP contribution in [-0.4, -0.2) is 38.3 Å². The van der Waals surface area contributed by atoms with E-state index < -0.39 is 0 Å². The van der Waals surface area contributed by atoms with E-state index in [0.29, 0.717) is 38.1 Å². The summed E-state index contributed by atoms with van der Waals surface area (Å²) in [6.07, 6.45) is 3.22. The highest BCUT2D eigenvalue weighted by Crippen LogP contribution is 2.23. The minimum Gasteiger partial charge on any atom is -0.376 e. The first-order chi connectivity index (χ1) is 12.5. The molecule has 1 fully saturated rings.